The second-order valence-electron chi connectivity index (χ2n) is 5.45. The van der Waals surface area contributed by atoms with Gasteiger partial charge in [-0.15, -0.1) is 0 Å². The number of carboxylic acid groups (broad SMARTS) is 1. The normalized spacial score (nSPS) is 16.3. The number of aryl methyl sites for hydroxylation is 1. The fraction of sp³-hybridized carbons (Fsp3) is 0.562. The first-order valence-electron chi connectivity index (χ1n) is 7.13. The SMILES string of the molecule is Cc1ccc(OCCC2CCCCC2)c(C(=O)O)c1. The topological polar surface area (TPSA) is 46.5 Å². The number of benzene rings is 1. The molecule has 0 atom stereocenters. The molecule has 1 aromatic carbocycles. The molecule has 1 aromatic rings. The number of rotatable bonds is 5. The second-order valence-corrected chi connectivity index (χ2v) is 5.45. The van der Waals surface area contributed by atoms with Gasteiger partial charge in [0.2, 0.25) is 0 Å². The zero-order valence-electron chi connectivity index (χ0n) is 11.5. The van der Waals surface area contributed by atoms with Crippen LogP contribution in [-0.4, -0.2) is 17.7 Å². The van der Waals surface area contributed by atoms with Gasteiger partial charge in [0, 0.05) is 0 Å². The summed E-state index contributed by atoms with van der Waals surface area (Å²) >= 11 is 0. The Morgan fingerprint density at radius 3 is 2.74 bits per heavy atom. The third-order valence-corrected chi connectivity index (χ3v) is 3.87. The molecule has 0 heterocycles. The molecule has 1 aliphatic rings. The molecule has 104 valence electrons. The quantitative estimate of drug-likeness (QED) is 0.871. The fourth-order valence-electron chi connectivity index (χ4n) is 2.75. The molecular weight excluding hydrogens is 240 g/mol. The molecule has 3 nitrogen and oxygen atoms in total. The van der Waals surface area contributed by atoms with Gasteiger partial charge in [-0.2, -0.15) is 0 Å². The number of hydrogen-bond donors (Lipinski definition) is 1. The summed E-state index contributed by atoms with van der Waals surface area (Å²) in [6.07, 6.45) is 7.64. The first-order valence-corrected chi connectivity index (χ1v) is 7.13. The summed E-state index contributed by atoms with van der Waals surface area (Å²) in [4.78, 5) is 11.2. The Bertz CT molecular complexity index is 434. The van der Waals surface area contributed by atoms with Gasteiger partial charge >= 0.3 is 5.97 Å². The highest BCUT2D eigenvalue weighted by atomic mass is 16.5. The minimum Gasteiger partial charge on any atom is -0.493 e. The van der Waals surface area contributed by atoms with Crippen LogP contribution in [0.5, 0.6) is 5.75 Å². The zero-order valence-corrected chi connectivity index (χ0v) is 11.5. The van der Waals surface area contributed by atoms with E-state index in [4.69, 9.17) is 9.84 Å². The third-order valence-electron chi connectivity index (χ3n) is 3.87. The molecular formula is C16H22O3. The number of aromatic carboxylic acids is 1. The monoisotopic (exact) mass is 262 g/mol. The molecule has 3 heteroatoms. The molecule has 0 bridgehead atoms. The van der Waals surface area contributed by atoms with E-state index in [1.54, 1.807) is 12.1 Å². The molecule has 0 spiro atoms. The average Bonchev–Trinajstić information content (AvgIpc) is 2.41. The van der Waals surface area contributed by atoms with Crippen molar-refractivity contribution in [1.82, 2.24) is 0 Å². The van der Waals surface area contributed by atoms with Crippen molar-refractivity contribution in [3.05, 3.63) is 29.3 Å². The van der Waals surface area contributed by atoms with Crippen molar-refractivity contribution in [2.45, 2.75) is 45.4 Å². The maximum Gasteiger partial charge on any atom is 0.339 e. The highest BCUT2D eigenvalue weighted by Gasteiger charge is 2.15. The van der Waals surface area contributed by atoms with Crippen molar-refractivity contribution in [3.8, 4) is 5.75 Å². The molecule has 1 N–H and O–H groups in total. The smallest absolute Gasteiger partial charge is 0.339 e. The van der Waals surface area contributed by atoms with Crippen molar-refractivity contribution in [2.24, 2.45) is 5.92 Å². The van der Waals surface area contributed by atoms with Crippen molar-refractivity contribution in [1.29, 1.82) is 0 Å². The van der Waals surface area contributed by atoms with E-state index >= 15 is 0 Å². The molecule has 1 saturated carbocycles. The predicted molar refractivity (Wildman–Crippen MR) is 74.8 cm³/mol. The van der Waals surface area contributed by atoms with E-state index in [0.717, 1.165) is 17.9 Å². The Kier molecular flexibility index (Phi) is 4.83. The minimum atomic E-state index is -0.920. The van der Waals surface area contributed by atoms with Crippen LogP contribution in [0.25, 0.3) is 0 Å². The van der Waals surface area contributed by atoms with Crippen LogP contribution in [0.3, 0.4) is 0 Å². The van der Waals surface area contributed by atoms with Gasteiger partial charge in [-0.05, 0) is 31.4 Å². The molecule has 2 rings (SSSR count). The Labute approximate surface area is 114 Å². The lowest BCUT2D eigenvalue weighted by atomic mass is 9.87. The summed E-state index contributed by atoms with van der Waals surface area (Å²) in [6, 6.07) is 5.32. The van der Waals surface area contributed by atoms with Gasteiger partial charge in [0.25, 0.3) is 0 Å². The highest BCUT2D eigenvalue weighted by Crippen LogP contribution is 2.27. The van der Waals surface area contributed by atoms with Gasteiger partial charge in [-0.3, -0.25) is 0 Å². The van der Waals surface area contributed by atoms with Crippen LogP contribution in [0.1, 0.15) is 54.4 Å². The van der Waals surface area contributed by atoms with Gasteiger partial charge in [-0.1, -0.05) is 43.7 Å². The van der Waals surface area contributed by atoms with Crippen LogP contribution >= 0.6 is 0 Å². The van der Waals surface area contributed by atoms with E-state index < -0.39 is 5.97 Å². The molecule has 1 fully saturated rings. The maximum atomic E-state index is 11.2. The van der Waals surface area contributed by atoms with Gasteiger partial charge in [0.05, 0.1) is 6.61 Å². The predicted octanol–water partition coefficient (Wildman–Crippen LogP) is 4.04. The summed E-state index contributed by atoms with van der Waals surface area (Å²) in [6.45, 7) is 2.51. The average molecular weight is 262 g/mol. The Morgan fingerprint density at radius 2 is 2.05 bits per heavy atom. The van der Waals surface area contributed by atoms with Crippen molar-refractivity contribution >= 4 is 5.97 Å². The van der Waals surface area contributed by atoms with Crippen molar-refractivity contribution < 1.29 is 14.6 Å². The first-order chi connectivity index (χ1) is 9.16. The zero-order chi connectivity index (χ0) is 13.7. The van der Waals surface area contributed by atoms with E-state index in [-0.39, 0.29) is 5.56 Å². The summed E-state index contributed by atoms with van der Waals surface area (Å²) in [7, 11) is 0. The minimum absolute atomic E-state index is 0.267. The second kappa shape index (κ2) is 6.60. The van der Waals surface area contributed by atoms with Crippen LogP contribution < -0.4 is 4.74 Å². The molecule has 0 radical (unpaired) electrons. The van der Waals surface area contributed by atoms with Crippen LogP contribution in [-0.2, 0) is 0 Å². The van der Waals surface area contributed by atoms with E-state index in [1.165, 1.54) is 32.1 Å². The molecule has 0 saturated heterocycles. The standard InChI is InChI=1S/C16H22O3/c1-12-7-8-15(14(11-12)16(17)18)19-10-9-13-5-3-2-4-6-13/h7-8,11,13H,2-6,9-10H2,1H3,(H,17,18). The number of carbonyl (C=O) groups is 1. The fourth-order valence-corrected chi connectivity index (χ4v) is 2.75. The summed E-state index contributed by atoms with van der Waals surface area (Å²) in [5.74, 6) is 0.331. The van der Waals surface area contributed by atoms with Crippen LogP contribution in [0.15, 0.2) is 18.2 Å². The highest BCUT2D eigenvalue weighted by molar-refractivity contribution is 5.91. The number of hydrogen-bond acceptors (Lipinski definition) is 2. The lowest BCUT2D eigenvalue weighted by molar-refractivity contribution is 0.0691. The molecule has 0 unspecified atom stereocenters. The van der Waals surface area contributed by atoms with E-state index in [2.05, 4.69) is 0 Å². The summed E-state index contributed by atoms with van der Waals surface area (Å²) < 4.78 is 5.68. The molecule has 1 aliphatic carbocycles. The Hall–Kier alpha value is -1.51. The van der Waals surface area contributed by atoms with E-state index in [0.29, 0.717) is 12.4 Å². The Morgan fingerprint density at radius 1 is 1.32 bits per heavy atom. The molecule has 0 aliphatic heterocycles. The lowest BCUT2D eigenvalue weighted by Crippen LogP contribution is -2.12. The maximum absolute atomic E-state index is 11.2. The van der Waals surface area contributed by atoms with Gasteiger partial charge < -0.3 is 9.84 Å². The third kappa shape index (κ3) is 3.98. The van der Waals surface area contributed by atoms with Crippen LogP contribution in [0.2, 0.25) is 0 Å². The van der Waals surface area contributed by atoms with Crippen LogP contribution in [0.4, 0.5) is 0 Å². The molecule has 19 heavy (non-hydrogen) atoms. The summed E-state index contributed by atoms with van der Waals surface area (Å²) in [5.41, 5.74) is 1.21. The molecule has 0 aromatic heterocycles. The summed E-state index contributed by atoms with van der Waals surface area (Å²) in [5, 5.41) is 9.16. The largest absolute Gasteiger partial charge is 0.493 e. The number of carboxylic acids is 1. The van der Waals surface area contributed by atoms with E-state index in [9.17, 15) is 4.79 Å². The van der Waals surface area contributed by atoms with Crippen molar-refractivity contribution in [3.63, 3.8) is 0 Å². The lowest BCUT2D eigenvalue weighted by Gasteiger charge is -2.21. The van der Waals surface area contributed by atoms with Gasteiger partial charge in [0.15, 0.2) is 0 Å². The van der Waals surface area contributed by atoms with Crippen LogP contribution in [0, 0.1) is 12.8 Å². The Balaban J connectivity index is 1.89. The first kappa shape index (κ1) is 13.9. The number of ether oxygens (including phenoxy) is 1. The molecule has 0 amide bonds. The van der Waals surface area contributed by atoms with Gasteiger partial charge in [0.1, 0.15) is 11.3 Å². The van der Waals surface area contributed by atoms with Crippen molar-refractivity contribution in [2.75, 3.05) is 6.61 Å². The van der Waals surface area contributed by atoms with E-state index in [1.807, 2.05) is 13.0 Å². The van der Waals surface area contributed by atoms with Gasteiger partial charge in [-0.25, -0.2) is 4.79 Å².